The average Bonchev–Trinajstić information content (AvgIpc) is 2.75. The molecule has 2 amide bonds. The molecule has 1 aliphatic heterocycles. The molecular formula is C23H42N2O4. The molecule has 0 aromatic rings. The lowest BCUT2D eigenvalue weighted by Gasteiger charge is -2.36. The third-order valence-corrected chi connectivity index (χ3v) is 6.38. The van der Waals surface area contributed by atoms with Crippen LogP contribution in [0.3, 0.4) is 0 Å². The molecule has 0 aromatic heterocycles. The zero-order chi connectivity index (χ0) is 21.8. The Morgan fingerprint density at radius 1 is 0.966 bits per heavy atom. The van der Waals surface area contributed by atoms with Crippen LogP contribution in [0.25, 0.3) is 0 Å². The minimum atomic E-state index is 0.0254. The first kappa shape index (κ1) is 25.6. The first-order chi connectivity index (χ1) is 13.9. The van der Waals surface area contributed by atoms with Crippen LogP contribution in [-0.4, -0.2) is 67.8 Å². The van der Waals surface area contributed by atoms with E-state index < -0.39 is 0 Å². The molecule has 6 heteroatoms. The Bertz CT molecular complexity index is 507. The number of nitrogens with zero attached hydrogens (tertiary/aromatic N) is 2. The molecule has 2 aliphatic rings. The fourth-order valence-electron chi connectivity index (χ4n) is 4.42. The van der Waals surface area contributed by atoms with E-state index in [0.717, 1.165) is 71.0 Å². The summed E-state index contributed by atoms with van der Waals surface area (Å²) >= 11 is 0. The van der Waals surface area contributed by atoms with Gasteiger partial charge in [-0.15, -0.1) is 0 Å². The molecule has 0 atom stereocenters. The van der Waals surface area contributed by atoms with E-state index in [-0.39, 0.29) is 30.1 Å². The molecule has 0 aromatic carbocycles. The first-order valence-corrected chi connectivity index (χ1v) is 11.4. The van der Waals surface area contributed by atoms with E-state index in [4.69, 9.17) is 4.74 Å². The Labute approximate surface area is 177 Å². The lowest BCUT2D eigenvalue weighted by atomic mass is 9.79. The monoisotopic (exact) mass is 410 g/mol. The number of hydrogen-bond donors (Lipinski definition) is 0. The number of piperidine rings is 1. The maximum atomic E-state index is 12.8. The molecule has 29 heavy (non-hydrogen) atoms. The number of carbonyl (C=O) groups is 3. The third kappa shape index (κ3) is 8.45. The van der Waals surface area contributed by atoms with Crippen molar-refractivity contribution in [2.75, 3.05) is 40.4 Å². The Morgan fingerprint density at radius 3 is 2.03 bits per heavy atom. The number of amides is 2. The minimum absolute atomic E-state index is 0.0254. The predicted molar refractivity (Wildman–Crippen MR) is 116 cm³/mol. The number of carbonyl (C=O) groups excluding carboxylic acids is 3. The summed E-state index contributed by atoms with van der Waals surface area (Å²) < 4.78 is 4.88. The number of ketones is 1. The van der Waals surface area contributed by atoms with Crippen molar-refractivity contribution < 1.29 is 19.1 Å². The van der Waals surface area contributed by atoms with Gasteiger partial charge in [-0.25, -0.2) is 0 Å². The summed E-state index contributed by atoms with van der Waals surface area (Å²) in [4.78, 5) is 39.7. The Morgan fingerprint density at radius 2 is 1.52 bits per heavy atom. The van der Waals surface area contributed by atoms with E-state index in [1.165, 1.54) is 7.11 Å². The van der Waals surface area contributed by atoms with E-state index in [1.54, 1.807) is 11.8 Å². The Kier molecular flexibility index (Phi) is 12.1. The molecule has 0 radical (unpaired) electrons. The SMILES string of the molecule is CC.COCC(=O)N(C)CCCC1CCN(C(=O)C2CCC(C(C)=O)CC2)CC1. The lowest BCUT2D eigenvalue weighted by Crippen LogP contribution is -2.43. The van der Waals surface area contributed by atoms with E-state index >= 15 is 0 Å². The maximum absolute atomic E-state index is 12.8. The summed E-state index contributed by atoms with van der Waals surface area (Å²) in [5, 5.41) is 0. The molecule has 0 N–H and O–H groups in total. The van der Waals surface area contributed by atoms with Crippen molar-refractivity contribution in [3.8, 4) is 0 Å². The number of ether oxygens (including phenoxy) is 1. The van der Waals surface area contributed by atoms with Crippen LogP contribution in [0.5, 0.6) is 0 Å². The molecule has 0 spiro atoms. The van der Waals surface area contributed by atoms with Gasteiger partial charge in [0.15, 0.2) is 0 Å². The van der Waals surface area contributed by atoms with Gasteiger partial charge in [0.05, 0.1) is 0 Å². The van der Waals surface area contributed by atoms with Crippen molar-refractivity contribution >= 4 is 17.6 Å². The van der Waals surface area contributed by atoms with Crippen LogP contribution in [0.15, 0.2) is 0 Å². The van der Waals surface area contributed by atoms with Crippen molar-refractivity contribution in [3.05, 3.63) is 0 Å². The maximum Gasteiger partial charge on any atom is 0.248 e. The van der Waals surface area contributed by atoms with Crippen molar-refractivity contribution in [2.24, 2.45) is 17.8 Å². The van der Waals surface area contributed by atoms with Gasteiger partial charge in [-0.3, -0.25) is 14.4 Å². The lowest BCUT2D eigenvalue weighted by molar-refractivity contribution is -0.139. The fourth-order valence-corrected chi connectivity index (χ4v) is 4.42. The summed E-state index contributed by atoms with van der Waals surface area (Å²) in [6.07, 6.45) is 7.70. The van der Waals surface area contributed by atoms with Crippen LogP contribution >= 0.6 is 0 Å². The minimum Gasteiger partial charge on any atom is -0.375 e. The van der Waals surface area contributed by atoms with Crippen LogP contribution in [0, 0.1) is 17.8 Å². The van der Waals surface area contributed by atoms with Gasteiger partial charge in [0, 0.05) is 45.6 Å². The number of Topliss-reactive ketones (excluding diaryl/α,β-unsaturated/α-hetero) is 1. The topological polar surface area (TPSA) is 66.9 Å². The second kappa shape index (κ2) is 13.7. The highest BCUT2D eigenvalue weighted by Crippen LogP contribution is 2.32. The highest BCUT2D eigenvalue weighted by atomic mass is 16.5. The average molecular weight is 411 g/mol. The number of hydrogen-bond acceptors (Lipinski definition) is 4. The second-order valence-corrected chi connectivity index (χ2v) is 8.32. The van der Waals surface area contributed by atoms with E-state index in [0.29, 0.717) is 11.8 Å². The van der Waals surface area contributed by atoms with Crippen LogP contribution in [-0.2, 0) is 19.1 Å². The molecule has 0 bridgehead atoms. The molecule has 1 aliphatic carbocycles. The molecule has 168 valence electrons. The van der Waals surface area contributed by atoms with E-state index in [2.05, 4.69) is 0 Å². The fraction of sp³-hybridized carbons (Fsp3) is 0.870. The van der Waals surface area contributed by atoms with Crippen LogP contribution in [0.4, 0.5) is 0 Å². The van der Waals surface area contributed by atoms with E-state index in [9.17, 15) is 14.4 Å². The summed E-state index contributed by atoms with van der Waals surface area (Å²) in [5.41, 5.74) is 0. The molecular weight excluding hydrogens is 368 g/mol. The van der Waals surface area contributed by atoms with Crippen molar-refractivity contribution in [1.29, 1.82) is 0 Å². The highest BCUT2D eigenvalue weighted by molar-refractivity contribution is 5.81. The van der Waals surface area contributed by atoms with Gasteiger partial charge in [-0.1, -0.05) is 13.8 Å². The van der Waals surface area contributed by atoms with Gasteiger partial charge in [0.25, 0.3) is 0 Å². The molecule has 6 nitrogen and oxygen atoms in total. The summed E-state index contributed by atoms with van der Waals surface area (Å²) in [7, 11) is 3.36. The molecule has 0 unspecified atom stereocenters. The summed E-state index contributed by atoms with van der Waals surface area (Å²) in [6.45, 7) is 8.29. The molecule has 1 saturated carbocycles. The van der Waals surface area contributed by atoms with Crippen LogP contribution < -0.4 is 0 Å². The first-order valence-electron chi connectivity index (χ1n) is 11.4. The quantitative estimate of drug-likeness (QED) is 0.614. The molecule has 1 saturated heterocycles. The van der Waals surface area contributed by atoms with Gasteiger partial charge in [-0.2, -0.15) is 0 Å². The number of likely N-dealkylation sites (N-methyl/N-ethyl adjacent to an activating group) is 1. The number of likely N-dealkylation sites (tertiary alicyclic amines) is 1. The van der Waals surface area contributed by atoms with Crippen molar-refractivity contribution in [2.45, 2.75) is 72.1 Å². The Hall–Kier alpha value is -1.43. The van der Waals surface area contributed by atoms with Crippen LogP contribution in [0.2, 0.25) is 0 Å². The zero-order valence-electron chi connectivity index (χ0n) is 19.2. The van der Waals surface area contributed by atoms with Gasteiger partial charge < -0.3 is 14.5 Å². The standard InChI is InChI=1S/C21H36N2O4.C2H6/c1-16(24)18-6-8-19(9-7-18)21(26)23-13-10-17(11-14-23)5-4-12-22(2)20(25)15-27-3;1-2/h17-19H,4-15H2,1-3H3;1-2H3. The highest BCUT2D eigenvalue weighted by Gasteiger charge is 2.32. The smallest absolute Gasteiger partial charge is 0.248 e. The van der Waals surface area contributed by atoms with Gasteiger partial charge in [0.2, 0.25) is 11.8 Å². The molecule has 2 fully saturated rings. The van der Waals surface area contributed by atoms with Crippen LogP contribution in [0.1, 0.15) is 72.1 Å². The second-order valence-electron chi connectivity index (χ2n) is 8.32. The van der Waals surface area contributed by atoms with Gasteiger partial charge >= 0.3 is 0 Å². The summed E-state index contributed by atoms with van der Waals surface area (Å²) in [5.74, 6) is 1.55. The number of methoxy groups -OCH3 is 1. The normalized spacial score (nSPS) is 22.4. The zero-order valence-corrected chi connectivity index (χ0v) is 19.2. The molecule has 1 heterocycles. The largest absolute Gasteiger partial charge is 0.375 e. The van der Waals surface area contributed by atoms with Gasteiger partial charge in [0.1, 0.15) is 12.4 Å². The number of rotatable bonds is 8. The van der Waals surface area contributed by atoms with Gasteiger partial charge in [-0.05, 0) is 64.2 Å². The van der Waals surface area contributed by atoms with Crippen molar-refractivity contribution in [1.82, 2.24) is 9.80 Å². The summed E-state index contributed by atoms with van der Waals surface area (Å²) in [6, 6.07) is 0. The van der Waals surface area contributed by atoms with E-state index in [1.807, 2.05) is 25.8 Å². The third-order valence-electron chi connectivity index (χ3n) is 6.38. The van der Waals surface area contributed by atoms with Crippen molar-refractivity contribution in [3.63, 3.8) is 0 Å². The predicted octanol–water partition coefficient (Wildman–Crippen LogP) is 3.53. The Balaban J connectivity index is 0.00000204. The molecule has 2 rings (SSSR count).